The lowest BCUT2D eigenvalue weighted by Crippen LogP contribution is -2.33. The summed E-state index contributed by atoms with van der Waals surface area (Å²) in [6.45, 7) is 0.0630. The number of carbonyl (C=O) groups is 1. The molecule has 15 heteroatoms. The maximum Gasteiger partial charge on any atom is 0.416 e. The molecule has 3 heterocycles. The number of hydrogen-bond acceptors (Lipinski definition) is 8. The van der Waals surface area contributed by atoms with Gasteiger partial charge in [0.2, 0.25) is 0 Å². The number of thiazole rings is 1. The highest BCUT2D eigenvalue weighted by Gasteiger charge is 2.33. The van der Waals surface area contributed by atoms with E-state index in [-0.39, 0.29) is 41.6 Å². The molecule has 0 radical (unpaired) electrons. The van der Waals surface area contributed by atoms with Crippen LogP contribution < -0.4 is 13.8 Å². The van der Waals surface area contributed by atoms with Crippen LogP contribution in [-0.4, -0.2) is 61.8 Å². The molecule has 0 unspecified atom stereocenters. The fourth-order valence-electron chi connectivity index (χ4n) is 5.67. The van der Waals surface area contributed by atoms with E-state index in [2.05, 4.69) is 9.97 Å². The second-order valence-corrected chi connectivity index (χ2v) is 13.7. The lowest BCUT2D eigenvalue weighted by molar-refractivity contribution is -0.137. The van der Waals surface area contributed by atoms with E-state index in [0.717, 1.165) is 23.5 Å². The molecule has 254 valence electrons. The Hall–Kier alpha value is -5.15. The van der Waals surface area contributed by atoms with E-state index in [1.54, 1.807) is 41.8 Å². The van der Waals surface area contributed by atoms with Gasteiger partial charge in [-0.1, -0.05) is 18.2 Å². The lowest BCUT2D eigenvalue weighted by Gasteiger charge is -2.25. The van der Waals surface area contributed by atoms with Crippen LogP contribution in [0.1, 0.15) is 23.1 Å². The minimum Gasteiger partial charge on any atom is -0.497 e. The molecule has 5 aromatic rings. The zero-order valence-electron chi connectivity index (χ0n) is 26.1. The summed E-state index contributed by atoms with van der Waals surface area (Å²) in [6, 6.07) is 14.6. The Kier molecular flexibility index (Phi) is 9.22. The number of hydrogen-bond donors (Lipinski definition) is 1. The predicted octanol–water partition coefficient (Wildman–Crippen LogP) is 7.56. The van der Waals surface area contributed by atoms with E-state index in [1.807, 2.05) is 0 Å². The van der Waals surface area contributed by atoms with Gasteiger partial charge in [0.05, 0.1) is 36.9 Å². The summed E-state index contributed by atoms with van der Waals surface area (Å²) >= 11 is 1.16. The van der Waals surface area contributed by atoms with Gasteiger partial charge < -0.3 is 19.5 Å². The Morgan fingerprint density at radius 2 is 1.82 bits per heavy atom. The zero-order valence-corrected chi connectivity index (χ0v) is 27.8. The smallest absolute Gasteiger partial charge is 0.416 e. The molecule has 49 heavy (non-hydrogen) atoms. The van der Waals surface area contributed by atoms with Crippen LogP contribution in [0.2, 0.25) is 0 Å². The van der Waals surface area contributed by atoms with Gasteiger partial charge in [-0.25, -0.2) is 22.5 Å². The van der Waals surface area contributed by atoms with E-state index >= 15 is 0 Å². The molecular weight excluding hydrogens is 682 g/mol. The van der Waals surface area contributed by atoms with Crippen molar-refractivity contribution in [1.82, 2.24) is 14.9 Å². The molecule has 1 aliphatic heterocycles. The predicted molar refractivity (Wildman–Crippen MR) is 179 cm³/mol. The molecule has 0 saturated carbocycles. The Morgan fingerprint density at radius 3 is 2.47 bits per heavy atom. The van der Waals surface area contributed by atoms with Crippen LogP contribution in [0.25, 0.3) is 27.6 Å². The molecule has 1 aliphatic rings. The van der Waals surface area contributed by atoms with Gasteiger partial charge in [-0.15, -0.1) is 11.3 Å². The Bertz CT molecular complexity index is 2170. The van der Waals surface area contributed by atoms with E-state index < -0.39 is 27.9 Å². The Labute approximate surface area is 283 Å². The first-order chi connectivity index (χ1) is 23.4. The summed E-state index contributed by atoms with van der Waals surface area (Å²) in [5, 5.41) is 12.3. The number of ether oxygens (including phenoxy) is 2. The van der Waals surface area contributed by atoms with Gasteiger partial charge in [0.1, 0.15) is 11.5 Å². The topological polar surface area (TPSA) is 122 Å². The minimum atomic E-state index is -4.61. The first-order valence-corrected chi connectivity index (χ1v) is 17.1. The Morgan fingerprint density at radius 1 is 1.00 bits per heavy atom. The van der Waals surface area contributed by atoms with Crippen LogP contribution in [0, 0.1) is 0 Å². The highest BCUT2D eigenvalue weighted by atomic mass is 32.2. The van der Waals surface area contributed by atoms with Crippen molar-refractivity contribution in [3.8, 4) is 22.8 Å². The summed E-state index contributed by atoms with van der Waals surface area (Å²) < 4.78 is 82.0. The quantitative estimate of drug-likeness (QED) is 0.166. The number of amides is 1. The number of anilines is 1. The summed E-state index contributed by atoms with van der Waals surface area (Å²) in [5.41, 5.74) is 1.32. The van der Waals surface area contributed by atoms with Crippen LogP contribution in [0.15, 0.2) is 89.4 Å². The van der Waals surface area contributed by atoms with Crippen molar-refractivity contribution in [2.75, 3.05) is 31.6 Å². The molecule has 2 aromatic heterocycles. The van der Waals surface area contributed by atoms with Gasteiger partial charge in [-0.3, -0.25) is 4.98 Å². The lowest BCUT2D eigenvalue weighted by atomic mass is 9.90. The van der Waals surface area contributed by atoms with Crippen molar-refractivity contribution in [3.05, 3.63) is 101 Å². The number of sulfonamides is 1. The van der Waals surface area contributed by atoms with E-state index in [1.165, 1.54) is 54.0 Å². The van der Waals surface area contributed by atoms with Gasteiger partial charge in [0.15, 0.2) is 5.13 Å². The molecule has 0 atom stereocenters. The third kappa shape index (κ3) is 6.76. The summed E-state index contributed by atoms with van der Waals surface area (Å²) in [6.07, 6.45) is -0.925. The van der Waals surface area contributed by atoms with E-state index in [9.17, 15) is 31.5 Å². The number of halogens is 3. The minimum absolute atomic E-state index is 0.0303. The Balaban J connectivity index is 1.43. The number of nitrogens with zero attached hydrogens (tertiary/aromatic N) is 4. The molecule has 0 bridgehead atoms. The molecule has 3 aromatic carbocycles. The molecule has 6 rings (SSSR count). The molecule has 0 aliphatic carbocycles. The average molecular weight is 711 g/mol. The monoisotopic (exact) mass is 710 g/mol. The van der Waals surface area contributed by atoms with Crippen LogP contribution in [0.5, 0.6) is 11.5 Å². The third-order valence-corrected chi connectivity index (χ3v) is 10.8. The van der Waals surface area contributed by atoms with Crippen LogP contribution in [-0.2, 0) is 22.7 Å². The molecule has 1 N–H and O–H groups in total. The number of fused-ring (bicyclic) bond motifs is 1. The fraction of sp³-hybridized carbons (Fsp3) is 0.206. The molecule has 1 amide bonds. The van der Waals surface area contributed by atoms with Gasteiger partial charge >= 0.3 is 12.3 Å². The first kappa shape index (κ1) is 33.7. The van der Waals surface area contributed by atoms with Crippen LogP contribution in [0.4, 0.5) is 23.1 Å². The van der Waals surface area contributed by atoms with Crippen molar-refractivity contribution in [1.29, 1.82) is 0 Å². The van der Waals surface area contributed by atoms with Crippen molar-refractivity contribution in [2.24, 2.45) is 0 Å². The number of aromatic nitrogens is 2. The van der Waals surface area contributed by atoms with Crippen molar-refractivity contribution < 1.29 is 41.0 Å². The number of carboxylic acid groups (broad SMARTS) is 1. The normalized spacial score (nSPS) is 13.7. The van der Waals surface area contributed by atoms with Crippen LogP contribution >= 0.6 is 11.3 Å². The molecular formula is C34H29F3N4O6S2. The average Bonchev–Trinajstić information content (AvgIpc) is 3.64. The maximum atomic E-state index is 14.3. The van der Waals surface area contributed by atoms with Crippen molar-refractivity contribution in [3.63, 3.8) is 0 Å². The SMILES string of the molecule is COc1ccc(CN(c2nccs2)S(=O)(=O)c2ccc3c(-c4ccc(C(F)(F)F)cc4C4=CCN(C(=O)O)CC4)nccc3c2)c(OC)c1. The molecule has 0 fully saturated rings. The van der Waals surface area contributed by atoms with Crippen molar-refractivity contribution >= 4 is 48.9 Å². The fourth-order valence-corrected chi connectivity index (χ4v) is 7.97. The van der Waals surface area contributed by atoms with E-state index in [0.29, 0.717) is 44.7 Å². The highest BCUT2D eigenvalue weighted by Crippen LogP contribution is 2.40. The van der Waals surface area contributed by atoms with E-state index in [4.69, 9.17) is 9.47 Å². The number of benzene rings is 3. The number of methoxy groups -OCH3 is 2. The second-order valence-electron chi connectivity index (χ2n) is 11.0. The number of pyridine rings is 1. The second kappa shape index (κ2) is 13.4. The number of rotatable bonds is 9. The number of alkyl halides is 3. The summed E-state index contributed by atoms with van der Waals surface area (Å²) in [4.78, 5) is 21.4. The highest BCUT2D eigenvalue weighted by molar-refractivity contribution is 7.93. The van der Waals surface area contributed by atoms with Crippen LogP contribution in [0.3, 0.4) is 0 Å². The van der Waals surface area contributed by atoms with Gasteiger partial charge in [0.25, 0.3) is 10.0 Å². The van der Waals surface area contributed by atoms with Gasteiger partial charge in [-0.05, 0) is 65.4 Å². The third-order valence-electron chi connectivity index (χ3n) is 8.19. The first-order valence-electron chi connectivity index (χ1n) is 14.8. The molecule has 10 nitrogen and oxygen atoms in total. The standard InChI is InChI=1S/C34H29F3N4O6S2/c1-46-25-5-3-23(30(19-25)47-2)20-41(32-39-13-16-48-32)49(44,45)26-6-8-27-22(17-26)9-12-38-31(27)28-7-4-24(34(35,36)37)18-29(28)21-10-14-40(15-11-21)33(42)43/h3-10,12-13,16-19H,11,14-15,20H2,1-2H3,(H,42,43). The maximum absolute atomic E-state index is 14.3. The van der Waals surface area contributed by atoms with Gasteiger partial charge in [-0.2, -0.15) is 13.2 Å². The molecule has 0 saturated heterocycles. The molecule has 0 spiro atoms. The summed E-state index contributed by atoms with van der Waals surface area (Å²) in [5.74, 6) is 0.975. The largest absolute Gasteiger partial charge is 0.497 e. The zero-order chi connectivity index (χ0) is 34.9. The summed E-state index contributed by atoms with van der Waals surface area (Å²) in [7, 11) is -1.21. The van der Waals surface area contributed by atoms with Gasteiger partial charge in [0, 0.05) is 53.4 Å². The van der Waals surface area contributed by atoms with Crippen molar-refractivity contribution in [2.45, 2.75) is 24.0 Å².